The predicted octanol–water partition coefficient (Wildman–Crippen LogP) is 2.94. The highest BCUT2D eigenvalue weighted by atomic mass is 16.3. The topological polar surface area (TPSA) is 46.2 Å². The van der Waals surface area contributed by atoms with Gasteiger partial charge in [-0.1, -0.05) is 49.2 Å². The Morgan fingerprint density at radius 1 is 1.29 bits per heavy atom. The first kappa shape index (κ1) is 12.2. The molecule has 1 aliphatic rings. The van der Waals surface area contributed by atoms with Crippen molar-refractivity contribution in [2.45, 2.75) is 43.6 Å². The van der Waals surface area contributed by atoms with Gasteiger partial charge in [-0.2, -0.15) is 0 Å². The van der Waals surface area contributed by atoms with Gasteiger partial charge in [-0.3, -0.25) is 0 Å². The molecule has 0 saturated heterocycles. The highest BCUT2D eigenvalue weighted by Gasteiger charge is 2.38. The molecule has 0 spiro atoms. The van der Waals surface area contributed by atoms with Crippen LogP contribution in [0.2, 0.25) is 0 Å². The summed E-state index contributed by atoms with van der Waals surface area (Å²) in [5.74, 6) is 0.244. The molecule has 92 valence electrons. The predicted molar refractivity (Wildman–Crippen MR) is 70.5 cm³/mol. The molecule has 1 saturated carbocycles. The van der Waals surface area contributed by atoms with Gasteiger partial charge in [-0.25, -0.2) is 0 Å². The monoisotopic (exact) mass is 231 g/mol. The van der Waals surface area contributed by atoms with Crippen molar-refractivity contribution in [1.29, 1.82) is 0 Å². The van der Waals surface area contributed by atoms with E-state index in [1.807, 2.05) is 24.3 Å². The van der Waals surface area contributed by atoms with Gasteiger partial charge in [0.25, 0.3) is 0 Å². The second kappa shape index (κ2) is 5.37. The number of hydrogen-bond donors (Lipinski definition) is 2. The van der Waals surface area contributed by atoms with Crippen LogP contribution in [-0.2, 0) is 0 Å². The van der Waals surface area contributed by atoms with Gasteiger partial charge in [0.15, 0.2) is 0 Å². The molecule has 17 heavy (non-hydrogen) atoms. The van der Waals surface area contributed by atoms with Gasteiger partial charge >= 0.3 is 0 Å². The van der Waals surface area contributed by atoms with Crippen LogP contribution in [0.3, 0.4) is 0 Å². The lowest BCUT2D eigenvalue weighted by Crippen LogP contribution is -2.38. The largest absolute Gasteiger partial charge is 0.405 e. The van der Waals surface area contributed by atoms with Gasteiger partial charge < -0.3 is 10.8 Å². The minimum absolute atomic E-state index is 0.244. The average Bonchev–Trinajstić information content (AvgIpc) is 2.38. The maximum Gasteiger partial charge on any atom is 0.0750 e. The van der Waals surface area contributed by atoms with E-state index in [0.717, 1.165) is 19.3 Å². The zero-order valence-corrected chi connectivity index (χ0v) is 10.2. The molecule has 2 nitrogen and oxygen atoms in total. The summed E-state index contributed by atoms with van der Waals surface area (Å²) in [6.07, 6.45) is 8.32. The van der Waals surface area contributed by atoms with Crippen molar-refractivity contribution in [2.75, 3.05) is 0 Å². The van der Waals surface area contributed by atoms with Crippen molar-refractivity contribution in [3.8, 4) is 0 Å². The summed E-state index contributed by atoms with van der Waals surface area (Å²) in [5, 5.41) is 10.8. The first-order valence-corrected chi connectivity index (χ1v) is 6.40. The van der Waals surface area contributed by atoms with Crippen LogP contribution >= 0.6 is 0 Å². The minimum atomic E-state index is -0.616. The van der Waals surface area contributed by atoms with Crippen molar-refractivity contribution in [1.82, 2.24) is 0 Å². The lowest BCUT2D eigenvalue weighted by molar-refractivity contribution is -0.0143. The van der Waals surface area contributed by atoms with Crippen molar-refractivity contribution >= 4 is 0 Å². The molecular weight excluding hydrogens is 210 g/mol. The first-order chi connectivity index (χ1) is 8.26. The number of hydrogen-bond acceptors (Lipinski definition) is 2. The van der Waals surface area contributed by atoms with Crippen LogP contribution in [-0.4, -0.2) is 10.7 Å². The van der Waals surface area contributed by atoms with Crippen molar-refractivity contribution in [3.05, 3.63) is 48.2 Å². The summed E-state index contributed by atoms with van der Waals surface area (Å²) in [7, 11) is 0. The van der Waals surface area contributed by atoms with Crippen molar-refractivity contribution < 1.29 is 5.11 Å². The third-order valence-corrected chi connectivity index (χ3v) is 3.81. The van der Waals surface area contributed by atoms with Crippen LogP contribution in [0.4, 0.5) is 0 Å². The van der Waals surface area contributed by atoms with E-state index in [0.29, 0.717) is 6.42 Å². The van der Waals surface area contributed by atoms with E-state index in [1.54, 1.807) is 0 Å². The van der Waals surface area contributed by atoms with E-state index in [9.17, 15) is 5.11 Å². The molecular formula is C15H21NO. The standard InChI is InChI=1S/C15H21NO/c16-12-6-11-15(17)10-5-4-9-14(15)13-7-2-1-3-8-13/h1-3,6-8,12,14,17H,4-5,9-11,16H2. The van der Waals surface area contributed by atoms with E-state index < -0.39 is 5.60 Å². The second-order valence-electron chi connectivity index (χ2n) is 4.94. The molecule has 1 aromatic carbocycles. The fraction of sp³-hybridized carbons (Fsp3) is 0.467. The summed E-state index contributed by atoms with van der Waals surface area (Å²) in [5.41, 5.74) is 6.03. The molecule has 1 aliphatic carbocycles. The Labute approximate surface area is 103 Å². The molecule has 0 bridgehead atoms. The van der Waals surface area contributed by atoms with Crippen LogP contribution in [0.15, 0.2) is 42.6 Å². The van der Waals surface area contributed by atoms with Crippen molar-refractivity contribution in [2.24, 2.45) is 5.73 Å². The smallest absolute Gasteiger partial charge is 0.0750 e. The molecule has 0 heterocycles. The van der Waals surface area contributed by atoms with Crippen LogP contribution in [0.25, 0.3) is 0 Å². The Morgan fingerprint density at radius 2 is 2.06 bits per heavy atom. The molecule has 1 aromatic rings. The van der Waals surface area contributed by atoms with E-state index in [4.69, 9.17) is 5.73 Å². The highest BCUT2D eigenvalue weighted by Crippen LogP contribution is 2.42. The third-order valence-electron chi connectivity index (χ3n) is 3.81. The van der Waals surface area contributed by atoms with Crippen LogP contribution in [0, 0.1) is 0 Å². The fourth-order valence-corrected chi connectivity index (χ4v) is 2.90. The van der Waals surface area contributed by atoms with E-state index >= 15 is 0 Å². The van der Waals surface area contributed by atoms with Gasteiger partial charge in [0.05, 0.1) is 5.60 Å². The quantitative estimate of drug-likeness (QED) is 0.840. The van der Waals surface area contributed by atoms with Gasteiger partial charge in [0.1, 0.15) is 0 Å². The normalized spacial score (nSPS) is 29.6. The molecule has 2 heteroatoms. The van der Waals surface area contributed by atoms with E-state index in [2.05, 4.69) is 12.1 Å². The van der Waals surface area contributed by atoms with Crippen LogP contribution in [0.1, 0.15) is 43.6 Å². The maximum atomic E-state index is 10.8. The van der Waals surface area contributed by atoms with E-state index in [-0.39, 0.29) is 5.92 Å². The Balaban J connectivity index is 2.23. The first-order valence-electron chi connectivity index (χ1n) is 6.40. The van der Waals surface area contributed by atoms with Gasteiger partial charge in [0.2, 0.25) is 0 Å². The second-order valence-corrected chi connectivity index (χ2v) is 4.94. The molecule has 2 rings (SSSR count). The number of aliphatic hydroxyl groups is 1. The zero-order chi connectivity index (χ0) is 12.1. The van der Waals surface area contributed by atoms with E-state index in [1.165, 1.54) is 18.2 Å². The average molecular weight is 231 g/mol. The zero-order valence-electron chi connectivity index (χ0n) is 10.2. The molecule has 0 aliphatic heterocycles. The molecule has 3 N–H and O–H groups in total. The lowest BCUT2D eigenvalue weighted by atomic mass is 9.70. The Bertz CT molecular complexity index is 374. The summed E-state index contributed by atoms with van der Waals surface area (Å²) in [6.45, 7) is 0. The summed E-state index contributed by atoms with van der Waals surface area (Å²) >= 11 is 0. The van der Waals surface area contributed by atoms with Gasteiger partial charge in [-0.15, -0.1) is 0 Å². The fourth-order valence-electron chi connectivity index (χ4n) is 2.90. The summed E-state index contributed by atoms with van der Waals surface area (Å²) < 4.78 is 0. The molecule has 0 aromatic heterocycles. The molecule has 0 radical (unpaired) electrons. The Morgan fingerprint density at radius 3 is 2.76 bits per heavy atom. The van der Waals surface area contributed by atoms with Gasteiger partial charge in [-0.05, 0) is 31.0 Å². The van der Waals surface area contributed by atoms with Crippen LogP contribution < -0.4 is 5.73 Å². The lowest BCUT2D eigenvalue weighted by Gasteiger charge is -2.40. The number of benzene rings is 1. The third kappa shape index (κ3) is 2.70. The maximum absolute atomic E-state index is 10.8. The SMILES string of the molecule is NC=CCC1(O)CCCCC1c1ccccc1. The number of rotatable bonds is 3. The Kier molecular flexibility index (Phi) is 3.85. The Hall–Kier alpha value is -1.28. The molecule has 1 fully saturated rings. The summed E-state index contributed by atoms with van der Waals surface area (Å²) in [4.78, 5) is 0. The minimum Gasteiger partial charge on any atom is -0.405 e. The van der Waals surface area contributed by atoms with Crippen LogP contribution in [0.5, 0.6) is 0 Å². The van der Waals surface area contributed by atoms with Gasteiger partial charge in [0, 0.05) is 5.92 Å². The molecule has 2 unspecified atom stereocenters. The highest BCUT2D eigenvalue weighted by molar-refractivity contribution is 5.24. The summed E-state index contributed by atoms with van der Waals surface area (Å²) in [6, 6.07) is 10.3. The number of nitrogens with two attached hydrogens (primary N) is 1. The molecule has 2 atom stereocenters. The van der Waals surface area contributed by atoms with Crippen molar-refractivity contribution in [3.63, 3.8) is 0 Å². The molecule has 0 amide bonds.